The second-order valence-corrected chi connectivity index (χ2v) is 5.87. The highest BCUT2D eigenvalue weighted by Gasteiger charge is 2.28. The van der Waals surface area contributed by atoms with Crippen LogP contribution in [0.25, 0.3) is 0 Å². The van der Waals surface area contributed by atoms with Crippen LogP contribution in [-0.4, -0.2) is 35.0 Å². The number of pyridine rings is 1. The first-order valence-electron chi connectivity index (χ1n) is 6.85. The van der Waals surface area contributed by atoms with Crippen LogP contribution in [0.15, 0.2) is 53.1 Å². The molecular weight excluding hydrogens is 332 g/mol. The van der Waals surface area contributed by atoms with Crippen LogP contribution in [0.5, 0.6) is 5.88 Å². The molecule has 0 N–H and O–H groups in total. The number of nitrogens with zero attached hydrogens (tertiary/aromatic N) is 2. The van der Waals surface area contributed by atoms with E-state index in [4.69, 9.17) is 4.74 Å². The van der Waals surface area contributed by atoms with Crippen LogP contribution in [-0.2, 0) is 0 Å². The topological polar surface area (TPSA) is 42.4 Å². The Hall–Kier alpha value is -1.88. The van der Waals surface area contributed by atoms with E-state index in [-0.39, 0.29) is 12.0 Å². The standard InChI is InChI=1S/C16H15BrN2O2/c17-13-6-4-12(5-7-13)16(20)19-10-8-14(11-19)21-15-3-1-2-9-18-15/h1-7,9,14H,8,10-11H2. The van der Waals surface area contributed by atoms with Crippen LogP contribution in [0.3, 0.4) is 0 Å². The Morgan fingerprint density at radius 3 is 2.76 bits per heavy atom. The first-order chi connectivity index (χ1) is 10.2. The van der Waals surface area contributed by atoms with Crippen LogP contribution in [0.1, 0.15) is 16.8 Å². The molecule has 2 heterocycles. The Labute approximate surface area is 131 Å². The van der Waals surface area contributed by atoms with Gasteiger partial charge in [-0.3, -0.25) is 4.79 Å². The summed E-state index contributed by atoms with van der Waals surface area (Å²) in [5, 5.41) is 0. The number of benzene rings is 1. The molecule has 0 bridgehead atoms. The summed E-state index contributed by atoms with van der Waals surface area (Å²) in [5.74, 6) is 0.662. The molecule has 4 nitrogen and oxygen atoms in total. The maximum absolute atomic E-state index is 12.4. The number of aromatic nitrogens is 1. The Morgan fingerprint density at radius 2 is 2.05 bits per heavy atom. The monoisotopic (exact) mass is 346 g/mol. The number of rotatable bonds is 3. The van der Waals surface area contributed by atoms with E-state index in [1.54, 1.807) is 6.20 Å². The molecule has 1 fully saturated rings. The minimum Gasteiger partial charge on any atom is -0.472 e. The first kappa shape index (κ1) is 14.1. The number of carbonyl (C=O) groups excluding carboxylic acids is 1. The lowest BCUT2D eigenvalue weighted by atomic mass is 10.2. The van der Waals surface area contributed by atoms with Gasteiger partial charge in [-0.15, -0.1) is 0 Å². The van der Waals surface area contributed by atoms with Gasteiger partial charge in [0.2, 0.25) is 5.88 Å². The van der Waals surface area contributed by atoms with Gasteiger partial charge in [-0.2, -0.15) is 0 Å². The fourth-order valence-electron chi connectivity index (χ4n) is 2.37. The third kappa shape index (κ3) is 3.42. The Balaban J connectivity index is 1.61. The van der Waals surface area contributed by atoms with E-state index in [2.05, 4.69) is 20.9 Å². The average molecular weight is 347 g/mol. The molecule has 2 aromatic rings. The maximum atomic E-state index is 12.4. The van der Waals surface area contributed by atoms with Crippen molar-refractivity contribution < 1.29 is 9.53 Å². The van der Waals surface area contributed by atoms with Gasteiger partial charge in [0.25, 0.3) is 5.91 Å². The number of hydrogen-bond acceptors (Lipinski definition) is 3. The van der Waals surface area contributed by atoms with Crippen LogP contribution in [0, 0.1) is 0 Å². The van der Waals surface area contributed by atoms with Crippen molar-refractivity contribution in [2.24, 2.45) is 0 Å². The van der Waals surface area contributed by atoms with Crippen molar-refractivity contribution >= 4 is 21.8 Å². The zero-order valence-corrected chi connectivity index (χ0v) is 13.0. The van der Waals surface area contributed by atoms with E-state index in [0.717, 1.165) is 10.9 Å². The number of likely N-dealkylation sites (tertiary alicyclic amines) is 1. The highest BCUT2D eigenvalue weighted by atomic mass is 79.9. The lowest BCUT2D eigenvalue weighted by Gasteiger charge is -2.17. The third-order valence-corrected chi connectivity index (χ3v) is 3.98. The summed E-state index contributed by atoms with van der Waals surface area (Å²) in [5.41, 5.74) is 0.705. The summed E-state index contributed by atoms with van der Waals surface area (Å²) in [6, 6.07) is 13.0. The van der Waals surface area contributed by atoms with Gasteiger partial charge in [0.1, 0.15) is 6.10 Å². The fraction of sp³-hybridized carbons (Fsp3) is 0.250. The molecule has 1 saturated heterocycles. The molecule has 1 amide bonds. The van der Waals surface area contributed by atoms with Gasteiger partial charge >= 0.3 is 0 Å². The van der Waals surface area contributed by atoms with E-state index in [1.807, 2.05) is 47.4 Å². The number of amides is 1. The van der Waals surface area contributed by atoms with Gasteiger partial charge < -0.3 is 9.64 Å². The van der Waals surface area contributed by atoms with Gasteiger partial charge in [0, 0.05) is 35.3 Å². The molecule has 3 rings (SSSR count). The van der Waals surface area contributed by atoms with Crippen molar-refractivity contribution in [2.45, 2.75) is 12.5 Å². The summed E-state index contributed by atoms with van der Waals surface area (Å²) in [7, 11) is 0. The molecule has 0 radical (unpaired) electrons. The second-order valence-electron chi connectivity index (χ2n) is 4.95. The average Bonchev–Trinajstić information content (AvgIpc) is 2.97. The largest absolute Gasteiger partial charge is 0.472 e. The van der Waals surface area contributed by atoms with Gasteiger partial charge in [0.05, 0.1) is 6.54 Å². The number of halogens is 1. The molecule has 1 aromatic carbocycles. The van der Waals surface area contributed by atoms with Gasteiger partial charge in [-0.25, -0.2) is 4.98 Å². The van der Waals surface area contributed by atoms with Crippen molar-refractivity contribution in [3.05, 3.63) is 58.7 Å². The number of hydrogen-bond donors (Lipinski definition) is 0. The molecule has 0 spiro atoms. The van der Waals surface area contributed by atoms with E-state index < -0.39 is 0 Å². The SMILES string of the molecule is O=C(c1ccc(Br)cc1)N1CCC(Oc2ccccn2)C1. The molecule has 5 heteroatoms. The quantitative estimate of drug-likeness (QED) is 0.857. The Morgan fingerprint density at radius 1 is 1.24 bits per heavy atom. The predicted octanol–water partition coefficient (Wildman–Crippen LogP) is 3.14. The molecule has 0 aliphatic carbocycles. The van der Waals surface area contributed by atoms with Crippen LogP contribution < -0.4 is 4.74 Å². The highest BCUT2D eigenvalue weighted by Crippen LogP contribution is 2.19. The third-order valence-electron chi connectivity index (χ3n) is 3.45. The fourth-order valence-corrected chi connectivity index (χ4v) is 2.64. The first-order valence-corrected chi connectivity index (χ1v) is 7.64. The molecule has 1 unspecified atom stereocenters. The summed E-state index contributed by atoms with van der Waals surface area (Å²) in [4.78, 5) is 18.4. The zero-order chi connectivity index (χ0) is 14.7. The lowest BCUT2D eigenvalue weighted by Crippen LogP contribution is -2.31. The zero-order valence-electron chi connectivity index (χ0n) is 11.4. The molecular formula is C16H15BrN2O2. The van der Waals surface area contributed by atoms with E-state index in [0.29, 0.717) is 24.5 Å². The minimum atomic E-state index is 0.0132. The van der Waals surface area contributed by atoms with Gasteiger partial charge in [-0.1, -0.05) is 22.0 Å². The van der Waals surface area contributed by atoms with Crippen molar-refractivity contribution in [1.82, 2.24) is 9.88 Å². The highest BCUT2D eigenvalue weighted by molar-refractivity contribution is 9.10. The molecule has 1 aromatic heterocycles. The lowest BCUT2D eigenvalue weighted by molar-refractivity contribution is 0.0771. The van der Waals surface area contributed by atoms with Crippen molar-refractivity contribution in [3.8, 4) is 5.88 Å². The number of ether oxygens (including phenoxy) is 1. The summed E-state index contributed by atoms with van der Waals surface area (Å²) in [6.45, 7) is 1.32. The van der Waals surface area contributed by atoms with E-state index in [1.165, 1.54) is 0 Å². The number of carbonyl (C=O) groups is 1. The predicted molar refractivity (Wildman–Crippen MR) is 83.3 cm³/mol. The minimum absolute atomic E-state index is 0.0132. The van der Waals surface area contributed by atoms with Crippen LogP contribution >= 0.6 is 15.9 Å². The van der Waals surface area contributed by atoms with E-state index in [9.17, 15) is 4.79 Å². The molecule has 1 aliphatic rings. The summed E-state index contributed by atoms with van der Waals surface area (Å²) < 4.78 is 6.77. The molecule has 1 aliphatic heterocycles. The Kier molecular flexibility index (Phi) is 4.20. The maximum Gasteiger partial charge on any atom is 0.253 e. The molecule has 1 atom stereocenters. The smallest absolute Gasteiger partial charge is 0.253 e. The molecule has 108 valence electrons. The summed E-state index contributed by atoms with van der Waals surface area (Å²) in [6.07, 6.45) is 2.55. The van der Waals surface area contributed by atoms with Crippen molar-refractivity contribution in [1.29, 1.82) is 0 Å². The van der Waals surface area contributed by atoms with Crippen molar-refractivity contribution in [2.75, 3.05) is 13.1 Å². The van der Waals surface area contributed by atoms with E-state index >= 15 is 0 Å². The summed E-state index contributed by atoms with van der Waals surface area (Å²) >= 11 is 3.37. The molecule has 21 heavy (non-hydrogen) atoms. The van der Waals surface area contributed by atoms with Gasteiger partial charge in [0.15, 0.2) is 0 Å². The molecule has 0 saturated carbocycles. The second kappa shape index (κ2) is 6.26. The van der Waals surface area contributed by atoms with Crippen LogP contribution in [0.4, 0.5) is 0 Å². The normalized spacial score (nSPS) is 17.8. The Bertz CT molecular complexity index is 616. The van der Waals surface area contributed by atoms with Gasteiger partial charge in [-0.05, 0) is 30.3 Å². The van der Waals surface area contributed by atoms with Crippen molar-refractivity contribution in [3.63, 3.8) is 0 Å². The van der Waals surface area contributed by atoms with Crippen LogP contribution in [0.2, 0.25) is 0 Å².